The van der Waals surface area contributed by atoms with Gasteiger partial charge in [0.05, 0.1) is 23.4 Å². The Morgan fingerprint density at radius 3 is 2.63 bits per heavy atom. The van der Waals surface area contributed by atoms with Crippen molar-refractivity contribution in [2.45, 2.75) is 26.0 Å². The van der Waals surface area contributed by atoms with Crippen molar-refractivity contribution in [3.8, 4) is 0 Å². The lowest BCUT2D eigenvalue weighted by Crippen LogP contribution is -2.15. The molecular formula is C13H18N2O3S. The Labute approximate surface area is 112 Å². The van der Waals surface area contributed by atoms with Gasteiger partial charge in [0.2, 0.25) is 0 Å². The van der Waals surface area contributed by atoms with Gasteiger partial charge in [-0.2, -0.15) is 5.10 Å². The Balaban J connectivity index is 2.31. The molecule has 0 spiro atoms. The van der Waals surface area contributed by atoms with Gasteiger partial charge in [-0.05, 0) is 25.5 Å². The van der Waals surface area contributed by atoms with Crippen molar-refractivity contribution in [3.05, 3.63) is 30.0 Å². The first-order chi connectivity index (χ1) is 8.65. The molecule has 0 radical (unpaired) electrons. The highest BCUT2D eigenvalue weighted by Gasteiger charge is 2.16. The van der Waals surface area contributed by atoms with E-state index in [2.05, 4.69) is 5.10 Å². The molecule has 1 heterocycles. The SMILES string of the molecule is CC(C)(O)c1ccc2cn(CCS(C)(=O)=O)nc2c1. The van der Waals surface area contributed by atoms with Gasteiger partial charge in [0.1, 0.15) is 9.84 Å². The number of hydrogen-bond donors (Lipinski definition) is 1. The maximum absolute atomic E-state index is 11.1. The standard InChI is InChI=1S/C13H18N2O3S/c1-13(2,16)11-5-4-10-9-15(14-12(10)8-11)6-7-19(3,17)18/h4-5,8-9,16H,6-7H2,1-3H3. The Morgan fingerprint density at radius 2 is 2.05 bits per heavy atom. The summed E-state index contributed by atoms with van der Waals surface area (Å²) >= 11 is 0. The third-order valence-corrected chi connectivity index (χ3v) is 3.88. The maximum atomic E-state index is 11.1. The van der Waals surface area contributed by atoms with Gasteiger partial charge >= 0.3 is 0 Å². The topological polar surface area (TPSA) is 72.2 Å². The van der Waals surface area contributed by atoms with E-state index < -0.39 is 15.4 Å². The second-order valence-corrected chi connectivity index (χ2v) is 7.61. The van der Waals surface area contributed by atoms with Crippen LogP contribution in [0.4, 0.5) is 0 Å². The molecule has 1 aromatic heterocycles. The number of benzene rings is 1. The molecule has 19 heavy (non-hydrogen) atoms. The van der Waals surface area contributed by atoms with E-state index in [1.807, 2.05) is 24.4 Å². The second-order valence-electron chi connectivity index (χ2n) is 5.35. The van der Waals surface area contributed by atoms with E-state index >= 15 is 0 Å². The van der Waals surface area contributed by atoms with Crippen molar-refractivity contribution in [1.82, 2.24) is 9.78 Å². The maximum Gasteiger partial charge on any atom is 0.149 e. The molecule has 0 fully saturated rings. The summed E-state index contributed by atoms with van der Waals surface area (Å²) in [5.41, 5.74) is 0.631. The summed E-state index contributed by atoms with van der Waals surface area (Å²) in [6.45, 7) is 3.77. The third kappa shape index (κ3) is 3.54. The average molecular weight is 282 g/mol. The van der Waals surface area contributed by atoms with Crippen LogP contribution in [0.1, 0.15) is 19.4 Å². The molecule has 104 valence electrons. The lowest BCUT2D eigenvalue weighted by Gasteiger charge is -2.17. The summed E-state index contributed by atoms with van der Waals surface area (Å²) in [7, 11) is -2.99. The van der Waals surface area contributed by atoms with Crippen LogP contribution in [0.15, 0.2) is 24.4 Å². The molecule has 0 saturated carbocycles. The molecule has 1 N–H and O–H groups in total. The Kier molecular flexibility index (Phi) is 3.40. The van der Waals surface area contributed by atoms with Crippen molar-refractivity contribution < 1.29 is 13.5 Å². The lowest BCUT2D eigenvalue weighted by molar-refractivity contribution is 0.0787. The normalized spacial score (nSPS) is 13.1. The summed E-state index contributed by atoms with van der Waals surface area (Å²) in [5, 5.41) is 15.2. The van der Waals surface area contributed by atoms with Crippen LogP contribution < -0.4 is 0 Å². The van der Waals surface area contributed by atoms with Crippen LogP contribution >= 0.6 is 0 Å². The largest absolute Gasteiger partial charge is 0.386 e. The zero-order valence-corrected chi connectivity index (χ0v) is 12.1. The van der Waals surface area contributed by atoms with E-state index in [1.54, 1.807) is 18.5 Å². The van der Waals surface area contributed by atoms with Crippen LogP contribution in [0.3, 0.4) is 0 Å². The minimum Gasteiger partial charge on any atom is -0.386 e. The summed E-state index contributed by atoms with van der Waals surface area (Å²) in [6.07, 6.45) is 3.03. The summed E-state index contributed by atoms with van der Waals surface area (Å²) in [6, 6.07) is 5.56. The van der Waals surface area contributed by atoms with Crippen molar-refractivity contribution in [1.29, 1.82) is 0 Å². The number of aliphatic hydroxyl groups is 1. The molecule has 5 nitrogen and oxygen atoms in total. The van der Waals surface area contributed by atoms with E-state index in [0.29, 0.717) is 6.54 Å². The number of sulfone groups is 1. The van der Waals surface area contributed by atoms with Gasteiger partial charge < -0.3 is 5.11 Å². The predicted octanol–water partition coefficient (Wildman–Crippen LogP) is 1.31. The third-order valence-electron chi connectivity index (χ3n) is 2.95. The summed E-state index contributed by atoms with van der Waals surface area (Å²) in [5.74, 6) is 0.0688. The second kappa shape index (κ2) is 4.61. The molecule has 0 amide bonds. The van der Waals surface area contributed by atoms with Gasteiger partial charge in [0.25, 0.3) is 0 Å². The summed E-state index contributed by atoms with van der Waals surface area (Å²) in [4.78, 5) is 0. The average Bonchev–Trinajstić information content (AvgIpc) is 2.65. The van der Waals surface area contributed by atoms with Crippen LogP contribution in [0.5, 0.6) is 0 Å². The van der Waals surface area contributed by atoms with Gasteiger partial charge in [-0.3, -0.25) is 4.68 Å². The molecule has 0 aliphatic carbocycles. The number of nitrogens with zero attached hydrogens (tertiary/aromatic N) is 2. The number of fused-ring (bicyclic) bond motifs is 1. The van der Waals surface area contributed by atoms with Crippen molar-refractivity contribution in [2.24, 2.45) is 0 Å². The van der Waals surface area contributed by atoms with Crippen molar-refractivity contribution in [2.75, 3.05) is 12.0 Å². The van der Waals surface area contributed by atoms with Crippen LogP contribution in [-0.4, -0.2) is 35.3 Å². The molecule has 0 unspecified atom stereocenters. The highest BCUT2D eigenvalue weighted by Crippen LogP contribution is 2.23. The molecule has 0 aliphatic rings. The molecule has 2 aromatic rings. The van der Waals surface area contributed by atoms with Crippen LogP contribution in [-0.2, 0) is 22.0 Å². The Morgan fingerprint density at radius 1 is 1.37 bits per heavy atom. The van der Waals surface area contributed by atoms with Crippen molar-refractivity contribution >= 4 is 20.7 Å². The Bertz CT molecular complexity index is 696. The van der Waals surface area contributed by atoms with Crippen LogP contribution in [0.25, 0.3) is 10.9 Å². The van der Waals surface area contributed by atoms with Gasteiger partial charge in [-0.1, -0.05) is 12.1 Å². The first kappa shape index (κ1) is 14.0. The monoisotopic (exact) mass is 282 g/mol. The molecule has 0 aliphatic heterocycles. The minimum atomic E-state index is -2.99. The minimum absolute atomic E-state index is 0.0688. The quantitative estimate of drug-likeness (QED) is 0.917. The van der Waals surface area contributed by atoms with Crippen LogP contribution in [0, 0.1) is 0 Å². The molecular weight excluding hydrogens is 264 g/mol. The molecule has 0 saturated heterocycles. The zero-order valence-electron chi connectivity index (χ0n) is 11.3. The Hall–Kier alpha value is -1.40. The smallest absolute Gasteiger partial charge is 0.149 e. The van der Waals surface area contributed by atoms with Gasteiger partial charge in [0, 0.05) is 17.8 Å². The fourth-order valence-electron chi connectivity index (χ4n) is 1.82. The first-order valence-corrected chi connectivity index (χ1v) is 8.09. The van der Waals surface area contributed by atoms with E-state index in [-0.39, 0.29) is 5.75 Å². The van der Waals surface area contributed by atoms with Gasteiger partial charge in [-0.25, -0.2) is 8.42 Å². The van der Waals surface area contributed by atoms with Gasteiger partial charge in [-0.15, -0.1) is 0 Å². The van der Waals surface area contributed by atoms with Crippen LogP contribution in [0.2, 0.25) is 0 Å². The van der Waals surface area contributed by atoms with E-state index in [4.69, 9.17) is 0 Å². The number of rotatable bonds is 4. The zero-order chi connectivity index (χ0) is 14.3. The summed E-state index contributed by atoms with van der Waals surface area (Å²) < 4.78 is 23.9. The highest BCUT2D eigenvalue weighted by molar-refractivity contribution is 7.90. The van der Waals surface area contributed by atoms with E-state index in [9.17, 15) is 13.5 Å². The molecule has 0 atom stereocenters. The fourth-order valence-corrected chi connectivity index (χ4v) is 2.34. The lowest BCUT2D eigenvalue weighted by atomic mass is 9.98. The van der Waals surface area contributed by atoms with Gasteiger partial charge in [0.15, 0.2) is 0 Å². The molecule has 0 bridgehead atoms. The molecule has 2 rings (SSSR count). The van der Waals surface area contributed by atoms with E-state index in [0.717, 1.165) is 16.5 Å². The van der Waals surface area contributed by atoms with E-state index in [1.165, 1.54) is 6.26 Å². The number of aromatic nitrogens is 2. The number of aryl methyl sites for hydroxylation is 1. The highest BCUT2D eigenvalue weighted by atomic mass is 32.2. The fraction of sp³-hybridized carbons (Fsp3) is 0.462. The number of hydrogen-bond acceptors (Lipinski definition) is 4. The first-order valence-electron chi connectivity index (χ1n) is 6.03. The van der Waals surface area contributed by atoms with Crippen molar-refractivity contribution in [3.63, 3.8) is 0 Å². The predicted molar refractivity (Wildman–Crippen MR) is 74.7 cm³/mol. The molecule has 1 aromatic carbocycles. The molecule has 6 heteroatoms.